The van der Waals surface area contributed by atoms with E-state index in [-0.39, 0.29) is 12.5 Å². The molecule has 1 heterocycles. The largest absolute Gasteiger partial charge is 0.445 e. The molecule has 4 rings (SSSR count). The van der Waals surface area contributed by atoms with E-state index in [0.717, 1.165) is 23.1 Å². The maximum atomic E-state index is 12.9. The lowest BCUT2D eigenvalue weighted by Gasteiger charge is -2.23. The lowest BCUT2D eigenvalue weighted by Crippen LogP contribution is -2.43. The third-order valence-electron chi connectivity index (χ3n) is 5.37. The van der Waals surface area contributed by atoms with Crippen molar-refractivity contribution in [1.82, 2.24) is 4.90 Å². The number of carbonyl (C=O) groups excluding carboxylic acids is 2. The van der Waals surface area contributed by atoms with Crippen LogP contribution in [0.2, 0.25) is 0 Å². The van der Waals surface area contributed by atoms with Crippen molar-refractivity contribution in [3.05, 3.63) is 84.4 Å². The smallest absolute Gasteiger partial charge is 0.410 e. The van der Waals surface area contributed by atoms with Gasteiger partial charge in [-0.3, -0.25) is 9.69 Å². The molecule has 0 bridgehead atoms. The van der Waals surface area contributed by atoms with Gasteiger partial charge < -0.3 is 15.8 Å². The van der Waals surface area contributed by atoms with Gasteiger partial charge in [-0.2, -0.15) is 0 Å². The van der Waals surface area contributed by atoms with Crippen LogP contribution in [0.4, 0.5) is 16.2 Å². The average Bonchev–Trinajstić information content (AvgIpc) is 3.29. The Bertz CT molecular complexity index is 1050. The topological polar surface area (TPSA) is 84.7 Å². The van der Waals surface area contributed by atoms with Crippen molar-refractivity contribution in [2.45, 2.75) is 25.5 Å². The molecule has 1 aliphatic heterocycles. The van der Waals surface area contributed by atoms with E-state index in [1.807, 2.05) is 78.9 Å². The molecule has 1 atom stereocenters. The van der Waals surface area contributed by atoms with Crippen molar-refractivity contribution < 1.29 is 14.3 Å². The fourth-order valence-corrected chi connectivity index (χ4v) is 3.74. The summed E-state index contributed by atoms with van der Waals surface area (Å²) in [5.74, 6) is -0.205. The molecule has 0 spiro atoms. The molecule has 1 aliphatic rings. The van der Waals surface area contributed by atoms with Crippen LogP contribution < -0.4 is 11.1 Å². The van der Waals surface area contributed by atoms with E-state index in [4.69, 9.17) is 10.5 Å². The molecule has 1 saturated heterocycles. The van der Waals surface area contributed by atoms with Crippen LogP contribution >= 0.6 is 0 Å². The van der Waals surface area contributed by atoms with Crippen molar-refractivity contribution in [3.8, 4) is 11.1 Å². The Kier molecular flexibility index (Phi) is 6.17. The molecule has 1 fully saturated rings. The first-order valence-electron chi connectivity index (χ1n) is 10.3. The Labute approximate surface area is 181 Å². The number of amides is 2. The van der Waals surface area contributed by atoms with Gasteiger partial charge in [0.25, 0.3) is 0 Å². The second-order valence-corrected chi connectivity index (χ2v) is 7.58. The Balaban J connectivity index is 1.40. The molecule has 6 heteroatoms. The predicted octanol–water partition coefficient (Wildman–Crippen LogP) is 4.68. The van der Waals surface area contributed by atoms with E-state index in [2.05, 4.69) is 5.32 Å². The highest BCUT2D eigenvalue weighted by molar-refractivity contribution is 5.97. The summed E-state index contributed by atoms with van der Waals surface area (Å²) in [5.41, 5.74) is 10.0. The summed E-state index contributed by atoms with van der Waals surface area (Å²) < 4.78 is 5.43. The van der Waals surface area contributed by atoms with E-state index in [1.165, 1.54) is 4.90 Å². The molecular weight excluding hydrogens is 390 g/mol. The lowest BCUT2D eigenvalue weighted by atomic mass is 10.0. The molecule has 0 radical (unpaired) electrons. The lowest BCUT2D eigenvalue weighted by molar-refractivity contribution is -0.120. The minimum atomic E-state index is -0.538. The van der Waals surface area contributed by atoms with E-state index in [9.17, 15) is 9.59 Å². The minimum Gasteiger partial charge on any atom is -0.445 e. The first-order chi connectivity index (χ1) is 15.1. The standard InChI is InChI=1S/C25H25N3O3/c26-21-13-11-19(12-14-21)20-8-4-9-22(16-20)27-24(29)23-10-5-15-28(23)25(30)31-17-18-6-2-1-3-7-18/h1-4,6-9,11-14,16,23H,5,10,15,17,26H2,(H,27,29). The Morgan fingerprint density at radius 2 is 1.74 bits per heavy atom. The normalized spacial score (nSPS) is 15.5. The summed E-state index contributed by atoms with van der Waals surface area (Å²) >= 11 is 0. The van der Waals surface area contributed by atoms with Gasteiger partial charge in [0.2, 0.25) is 5.91 Å². The first-order valence-corrected chi connectivity index (χ1v) is 10.3. The second-order valence-electron chi connectivity index (χ2n) is 7.58. The molecule has 3 aromatic carbocycles. The molecule has 6 nitrogen and oxygen atoms in total. The molecule has 0 aromatic heterocycles. The van der Waals surface area contributed by atoms with Crippen molar-refractivity contribution >= 4 is 23.4 Å². The Morgan fingerprint density at radius 3 is 2.52 bits per heavy atom. The van der Waals surface area contributed by atoms with Gasteiger partial charge in [-0.05, 0) is 53.8 Å². The zero-order chi connectivity index (χ0) is 21.6. The highest BCUT2D eigenvalue weighted by atomic mass is 16.6. The number of nitrogens with one attached hydrogen (secondary N) is 1. The summed E-state index contributed by atoms with van der Waals surface area (Å²) in [6.45, 7) is 0.700. The summed E-state index contributed by atoms with van der Waals surface area (Å²) in [5, 5.41) is 2.95. The van der Waals surface area contributed by atoms with Crippen LogP contribution in [0.1, 0.15) is 18.4 Å². The van der Waals surface area contributed by atoms with Gasteiger partial charge in [-0.1, -0.05) is 54.6 Å². The molecule has 0 saturated carbocycles. The van der Waals surface area contributed by atoms with Crippen molar-refractivity contribution in [1.29, 1.82) is 0 Å². The van der Waals surface area contributed by atoms with Crippen LogP contribution in [-0.2, 0) is 16.1 Å². The summed E-state index contributed by atoms with van der Waals surface area (Å²) in [6.07, 6.45) is 0.922. The van der Waals surface area contributed by atoms with Crippen LogP contribution in [0, 0.1) is 0 Å². The number of carbonyl (C=O) groups is 2. The molecule has 158 valence electrons. The number of hydrogen-bond donors (Lipinski definition) is 2. The van der Waals surface area contributed by atoms with Gasteiger partial charge >= 0.3 is 6.09 Å². The van der Waals surface area contributed by atoms with Crippen molar-refractivity contribution in [2.24, 2.45) is 0 Å². The number of rotatable bonds is 5. The van der Waals surface area contributed by atoms with Gasteiger partial charge in [0.05, 0.1) is 0 Å². The number of nitrogens with two attached hydrogens (primary N) is 1. The molecule has 3 N–H and O–H groups in total. The van der Waals surface area contributed by atoms with Gasteiger partial charge in [0, 0.05) is 17.9 Å². The second kappa shape index (κ2) is 9.34. The fourth-order valence-electron chi connectivity index (χ4n) is 3.74. The summed E-state index contributed by atoms with van der Waals surface area (Å²) in [7, 11) is 0. The first kappa shape index (κ1) is 20.5. The maximum absolute atomic E-state index is 12.9. The Hall–Kier alpha value is -3.80. The molecule has 2 amide bonds. The zero-order valence-corrected chi connectivity index (χ0v) is 17.2. The summed E-state index contributed by atoms with van der Waals surface area (Å²) in [4.78, 5) is 27.0. The van der Waals surface area contributed by atoms with Crippen molar-refractivity contribution in [2.75, 3.05) is 17.6 Å². The van der Waals surface area contributed by atoms with Crippen molar-refractivity contribution in [3.63, 3.8) is 0 Å². The summed E-state index contributed by atoms with van der Waals surface area (Å²) in [6, 6.07) is 24.2. The molecular formula is C25H25N3O3. The van der Waals surface area contributed by atoms with Crippen LogP contribution in [0.25, 0.3) is 11.1 Å². The quantitative estimate of drug-likeness (QED) is 0.593. The molecule has 31 heavy (non-hydrogen) atoms. The van der Waals surface area contributed by atoms with E-state index in [0.29, 0.717) is 24.3 Å². The van der Waals surface area contributed by atoms with Gasteiger partial charge in [0.1, 0.15) is 12.6 Å². The van der Waals surface area contributed by atoms with E-state index >= 15 is 0 Å². The van der Waals surface area contributed by atoms with Crippen LogP contribution in [0.3, 0.4) is 0 Å². The highest BCUT2D eigenvalue weighted by Crippen LogP contribution is 2.25. The number of benzene rings is 3. The van der Waals surface area contributed by atoms with Crippen LogP contribution in [-0.4, -0.2) is 29.5 Å². The molecule has 3 aromatic rings. The fraction of sp³-hybridized carbons (Fsp3) is 0.200. The van der Waals surface area contributed by atoms with E-state index < -0.39 is 12.1 Å². The van der Waals surface area contributed by atoms with Crippen LogP contribution in [0.15, 0.2) is 78.9 Å². The minimum absolute atomic E-state index is 0.189. The molecule has 0 aliphatic carbocycles. The number of ether oxygens (including phenoxy) is 1. The maximum Gasteiger partial charge on any atom is 0.410 e. The monoisotopic (exact) mass is 415 g/mol. The van der Waals surface area contributed by atoms with Gasteiger partial charge in [-0.25, -0.2) is 4.79 Å². The highest BCUT2D eigenvalue weighted by Gasteiger charge is 2.35. The SMILES string of the molecule is Nc1ccc(-c2cccc(NC(=O)C3CCCN3C(=O)OCc3ccccc3)c2)cc1. The number of nitrogen functional groups attached to an aromatic ring is 1. The Morgan fingerprint density at radius 1 is 0.968 bits per heavy atom. The number of anilines is 2. The third kappa shape index (κ3) is 5.04. The third-order valence-corrected chi connectivity index (χ3v) is 5.37. The van der Waals surface area contributed by atoms with E-state index in [1.54, 1.807) is 0 Å². The van der Waals surface area contributed by atoms with Crippen LogP contribution in [0.5, 0.6) is 0 Å². The number of hydrogen-bond acceptors (Lipinski definition) is 4. The molecule has 1 unspecified atom stereocenters. The predicted molar refractivity (Wildman–Crippen MR) is 121 cm³/mol. The number of likely N-dealkylation sites (tertiary alicyclic amines) is 1. The van der Waals surface area contributed by atoms with Gasteiger partial charge in [-0.15, -0.1) is 0 Å². The van der Waals surface area contributed by atoms with Gasteiger partial charge in [0.15, 0.2) is 0 Å². The average molecular weight is 415 g/mol. The zero-order valence-electron chi connectivity index (χ0n) is 17.2. The number of nitrogens with zero attached hydrogens (tertiary/aromatic N) is 1.